The van der Waals surface area contributed by atoms with E-state index in [0.717, 1.165) is 18.8 Å². The van der Waals surface area contributed by atoms with E-state index >= 15 is 0 Å². The molecule has 0 aliphatic heterocycles. The maximum absolute atomic E-state index is 5.52. The lowest BCUT2D eigenvalue weighted by atomic mass is 9.85. The van der Waals surface area contributed by atoms with Crippen molar-refractivity contribution >= 4 is 5.71 Å². The Kier molecular flexibility index (Phi) is 2.87. The molecular weight excluding hydrogens is 162 g/mol. The first-order valence-corrected chi connectivity index (χ1v) is 5.56. The molecule has 0 N–H and O–H groups in total. The molecule has 2 heteroatoms. The molecule has 0 unspecified atom stereocenters. The molecule has 0 atom stereocenters. The number of rotatable bonds is 2. The highest BCUT2D eigenvalue weighted by Gasteiger charge is 2.21. The molecule has 13 heavy (non-hydrogen) atoms. The summed E-state index contributed by atoms with van der Waals surface area (Å²) >= 11 is 0. The third-order valence-electron chi connectivity index (χ3n) is 3.05. The average Bonchev–Trinajstić information content (AvgIpc) is 2.12. The Morgan fingerprint density at radius 2 is 1.85 bits per heavy atom. The van der Waals surface area contributed by atoms with Gasteiger partial charge in [-0.2, -0.15) is 0 Å². The molecule has 0 radical (unpaired) electrons. The molecule has 0 amide bonds. The molecule has 74 valence electrons. The first-order chi connectivity index (χ1) is 6.34. The van der Waals surface area contributed by atoms with Gasteiger partial charge in [0.2, 0.25) is 0 Å². The Morgan fingerprint density at radius 1 is 1.15 bits per heavy atom. The molecule has 0 saturated heterocycles. The maximum atomic E-state index is 5.52. The lowest BCUT2D eigenvalue weighted by molar-refractivity contribution is 0.0309. The van der Waals surface area contributed by atoms with Crippen LogP contribution >= 0.6 is 0 Å². The number of nitrogens with zero attached hydrogens (tertiary/aromatic N) is 1. The Balaban J connectivity index is 1.69. The van der Waals surface area contributed by atoms with Crippen molar-refractivity contribution in [3.63, 3.8) is 0 Å². The van der Waals surface area contributed by atoms with E-state index < -0.39 is 0 Å². The molecule has 0 heterocycles. The SMILES string of the molecule is CC1CC(=NOC2CCCCC2)C1. The van der Waals surface area contributed by atoms with Crippen LogP contribution in [0.1, 0.15) is 51.9 Å². The van der Waals surface area contributed by atoms with E-state index in [1.807, 2.05) is 0 Å². The fourth-order valence-electron chi connectivity index (χ4n) is 2.14. The van der Waals surface area contributed by atoms with E-state index in [-0.39, 0.29) is 0 Å². The summed E-state index contributed by atoms with van der Waals surface area (Å²) in [6, 6.07) is 0. The van der Waals surface area contributed by atoms with Gasteiger partial charge in [0.25, 0.3) is 0 Å². The summed E-state index contributed by atoms with van der Waals surface area (Å²) in [5.74, 6) is 0.841. The molecule has 2 rings (SSSR count). The predicted molar refractivity (Wildman–Crippen MR) is 53.8 cm³/mol. The number of hydrogen-bond donors (Lipinski definition) is 0. The Labute approximate surface area is 80.3 Å². The third-order valence-corrected chi connectivity index (χ3v) is 3.05. The zero-order chi connectivity index (χ0) is 9.10. The van der Waals surface area contributed by atoms with Crippen molar-refractivity contribution in [2.45, 2.75) is 58.0 Å². The van der Waals surface area contributed by atoms with Gasteiger partial charge in [-0.05, 0) is 44.4 Å². The quantitative estimate of drug-likeness (QED) is 0.600. The lowest BCUT2D eigenvalue weighted by Crippen LogP contribution is -2.22. The van der Waals surface area contributed by atoms with Crippen molar-refractivity contribution in [1.82, 2.24) is 0 Å². The second-order valence-corrected chi connectivity index (χ2v) is 4.54. The minimum Gasteiger partial charge on any atom is -0.393 e. The normalized spacial score (nSPS) is 29.6. The topological polar surface area (TPSA) is 21.6 Å². The van der Waals surface area contributed by atoms with Crippen molar-refractivity contribution in [3.05, 3.63) is 0 Å². The van der Waals surface area contributed by atoms with Gasteiger partial charge < -0.3 is 4.84 Å². The van der Waals surface area contributed by atoms with Gasteiger partial charge in [-0.1, -0.05) is 18.5 Å². The molecule has 2 nitrogen and oxygen atoms in total. The van der Waals surface area contributed by atoms with Gasteiger partial charge >= 0.3 is 0 Å². The van der Waals surface area contributed by atoms with Crippen LogP contribution in [0.15, 0.2) is 5.16 Å². The highest BCUT2D eigenvalue weighted by Crippen LogP contribution is 2.25. The van der Waals surface area contributed by atoms with Gasteiger partial charge in [-0.25, -0.2) is 0 Å². The minimum atomic E-state index is 0.428. The zero-order valence-corrected chi connectivity index (χ0v) is 8.46. The summed E-state index contributed by atoms with van der Waals surface area (Å²) < 4.78 is 0. The number of hydrogen-bond acceptors (Lipinski definition) is 2. The summed E-state index contributed by atoms with van der Waals surface area (Å²) in [7, 11) is 0. The van der Waals surface area contributed by atoms with Crippen molar-refractivity contribution in [3.8, 4) is 0 Å². The highest BCUT2D eigenvalue weighted by atomic mass is 16.6. The zero-order valence-electron chi connectivity index (χ0n) is 8.46. The van der Waals surface area contributed by atoms with Crippen LogP contribution < -0.4 is 0 Å². The van der Waals surface area contributed by atoms with Crippen molar-refractivity contribution in [1.29, 1.82) is 0 Å². The highest BCUT2D eigenvalue weighted by molar-refractivity contribution is 5.89. The van der Waals surface area contributed by atoms with Crippen molar-refractivity contribution in [2.75, 3.05) is 0 Å². The first kappa shape index (κ1) is 9.04. The van der Waals surface area contributed by atoms with Crippen LogP contribution in [0, 0.1) is 5.92 Å². The summed E-state index contributed by atoms with van der Waals surface area (Å²) in [5.41, 5.74) is 1.28. The van der Waals surface area contributed by atoms with Crippen LogP contribution in [0.25, 0.3) is 0 Å². The van der Waals surface area contributed by atoms with E-state index in [4.69, 9.17) is 4.84 Å². The minimum absolute atomic E-state index is 0.428. The van der Waals surface area contributed by atoms with E-state index in [9.17, 15) is 0 Å². The van der Waals surface area contributed by atoms with Gasteiger partial charge in [0, 0.05) is 0 Å². The van der Waals surface area contributed by atoms with E-state index in [0.29, 0.717) is 6.10 Å². The van der Waals surface area contributed by atoms with Crippen LogP contribution in [0.3, 0.4) is 0 Å². The molecule has 0 aromatic heterocycles. The average molecular weight is 181 g/mol. The van der Waals surface area contributed by atoms with E-state index in [2.05, 4.69) is 12.1 Å². The summed E-state index contributed by atoms with van der Waals surface area (Å²) in [5, 5.41) is 4.22. The second kappa shape index (κ2) is 4.12. The fraction of sp³-hybridized carbons (Fsp3) is 0.909. The summed E-state index contributed by atoms with van der Waals surface area (Å²) in [6.45, 7) is 2.26. The van der Waals surface area contributed by atoms with Crippen LogP contribution in [0.4, 0.5) is 0 Å². The molecule has 0 aromatic carbocycles. The first-order valence-electron chi connectivity index (χ1n) is 5.56. The monoisotopic (exact) mass is 181 g/mol. The number of oxime groups is 1. The molecule has 2 aliphatic carbocycles. The van der Waals surface area contributed by atoms with Gasteiger partial charge in [0.15, 0.2) is 0 Å². The largest absolute Gasteiger partial charge is 0.393 e. The molecule has 2 fully saturated rings. The van der Waals surface area contributed by atoms with Crippen molar-refractivity contribution < 1.29 is 4.84 Å². The maximum Gasteiger partial charge on any atom is 0.127 e. The Bertz CT molecular complexity index is 186. The van der Waals surface area contributed by atoms with Crippen LogP contribution in [0.5, 0.6) is 0 Å². The van der Waals surface area contributed by atoms with Gasteiger partial charge in [-0.15, -0.1) is 0 Å². The summed E-state index contributed by atoms with van der Waals surface area (Å²) in [6.07, 6.45) is 9.21. The molecular formula is C11H19NO. The van der Waals surface area contributed by atoms with E-state index in [1.54, 1.807) is 0 Å². The lowest BCUT2D eigenvalue weighted by Gasteiger charge is -2.25. The van der Waals surface area contributed by atoms with Gasteiger partial charge in [0.1, 0.15) is 6.10 Å². The third kappa shape index (κ3) is 2.45. The molecule has 0 bridgehead atoms. The summed E-state index contributed by atoms with van der Waals surface area (Å²) in [4.78, 5) is 5.52. The predicted octanol–water partition coefficient (Wildman–Crippen LogP) is 3.12. The standard InChI is InChI=1S/C11H19NO/c1-9-7-10(8-9)12-13-11-5-3-2-4-6-11/h9,11H,2-8H2,1H3. The second-order valence-electron chi connectivity index (χ2n) is 4.54. The van der Waals surface area contributed by atoms with Crippen molar-refractivity contribution in [2.24, 2.45) is 11.1 Å². The Morgan fingerprint density at radius 3 is 2.46 bits per heavy atom. The molecule has 2 saturated carbocycles. The van der Waals surface area contributed by atoms with Gasteiger partial charge in [-0.3, -0.25) is 0 Å². The van der Waals surface area contributed by atoms with Gasteiger partial charge in [0.05, 0.1) is 5.71 Å². The molecule has 0 aromatic rings. The van der Waals surface area contributed by atoms with E-state index in [1.165, 1.54) is 37.8 Å². The smallest absolute Gasteiger partial charge is 0.127 e. The molecule has 0 spiro atoms. The molecule has 2 aliphatic rings. The van der Waals surface area contributed by atoms with Crippen LogP contribution in [0.2, 0.25) is 0 Å². The van der Waals surface area contributed by atoms with Crippen LogP contribution in [-0.4, -0.2) is 11.8 Å². The Hall–Kier alpha value is -0.530. The van der Waals surface area contributed by atoms with Crippen LogP contribution in [-0.2, 0) is 4.84 Å². The fourth-order valence-corrected chi connectivity index (χ4v) is 2.14.